The number of anilines is 1. The topological polar surface area (TPSA) is 12.0 Å². The van der Waals surface area contributed by atoms with E-state index in [1.54, 1.807) is 0 Å². The first-order valence-electron chi connectivity index (χ1n) is 7.29. The van der Waals surface area contributed by atoms with E-state index in [4.69, 9.17) is 0 Å². The molecule has 0 bridgehead atoms. The molecule has 0 radical (unpaired) electrons. The Hall–Kier alpha value is -1.19. The van der Waals surface area contributed by atoms with Crippen LogP contribution in [-0.4, -0.2) is 12.2 Å². The zero-order valence-electron chi connectivity index (χ0n) is 12.0. The van der Waals surface area contributed by atoms with E-state index in [1.165, 1.54) is 5.56 Å². The highest BCUT2D eigenvalue weighted by molar-refractivity contribution is 5.46. The number of alkyl halides is 3. The fraction of sp³-hybridized carbons (Fsp3) is 0.625. The molecule has 0 amide bonds. The Balaban J connectivity index is 1.96. The van der Waals surface area contributed by atoms with Gasteiger partial charge in [0, 0.05) is 11.7 Å². The summed E-state index contributed by atoms with van der Waals surface area (Å²) >= 11 is 0. The summed E-state index contributed by atoms with van der Waals surface area (Å²) < 4.78 is 38.3. The molecule has 1 aliphatic rings. The Morgan fingerprint density at radius 2 is 1.75 bits per heavy atom. The second-order valence-corrected chi connectivity index (χ2v) is 6.02. The molecule has 2 unspecified atom stereocenters. The van der Waals surface area contributed by atoms with Gasteiger partial charge in [0.25, 0.3) is 0 Å². The second kappa shape index (κ2) is 6.06. The van der Waals surface area contributed by atoms with Crippen LogP contribution in [0.1, 0.15) is 51.0 Å². The molecule has 0 spiro atoms. The SMILES string of the molecule is CC(C)c1ccc(NC2CCCC(C(F)(F)F)C2)cc1. The summed E-state index contributed by atoms with van der Waals surface area (Å²) in [5.74, 6) is -0.683. The highest BCUT2D eigenvalue weighted by Crippen LogP contribution is 2.38. The normalized spacial score (nSPS) is 23.9. The average Bonchev–Trinajstić information content (AvgIpc) is 2.38. The van der Waals surface area contributed by atoms with Gasteiger partial charge in [0.2, 0.25) is 0 Å². The number of benzene rings is 1. The lowest BCUT2D eigenvalue weighted by molar-refractivity contribution is -0.182. The zero-order valence-corrected chi connectivity index (χ0v) is 12.0. The molecule has 112 valence electrons. The van der Waals surface area contributed by atoms with Crippen molar-refractivity contribution in [3.05, 3.63) is 29.8 Å². The van der Waals surface area contributed by atoms with Crippen LogP contribution in [0.2, 0.25) is 0 Å². The standard InChI is InChI=1S/C16H22F3N/c1-11(2)12-6-8-14(9-7-12)20-15-5-3-4-13(10-15)16(17,18)19/h6-9,11,13,15,20H,3-5,10H2,1-2H3. The maximum Gasteiger partial charge on any atom is 0.391 e. The first-order chi connectivity index (χ1) is 9.36. The van der Waals surface area contributed by atoms with Crippen molar-refractivity contribution in [3.8, 4) is 0 Å². The van der Waals surface area contributed by atoms with Crippen molar-refractivity contribution in [3.63, 3.8) is 0 Å². The number of hydrogen-bond acceptors (Lipinski definition) is 1. The van der Waals surface area contributed by atoms with Crippen molar-refractivity contribution in [2.24, 2.45) is 5.92 Å². The minimum Gasteiger partial charge on any atom is -0.382 e. The van der Waals surface area contributed by atoms with Gasteiger partial charge in [-0.1, -0.05) is 32.4 Å². The van der Waals surface area contributed by atoms with E-state index in [-0.39, 0.29) is 18.9 Å². The van der Waals surface area contributed by atoms with E-state index < -0.39 is 12.1 Å². The van der Waals surface area contributed by atoms with Crippen LogP contribution in [0.15, 0.2) is 24.3 Å². The third-order valence-electron chi connectivity index (χ3n) is 4.09. The monoisotopic (exact) mass is 285 g/mol. The summed E-state index contributed by atoms with van der Waals surface area (Å²) in [6.07, 6.45) is -2.13. The Morgan fingerprint density at radius 3 is 2.30 bits per heavy atom. The molecule has 1 aromatic carbocycles. The van der Waals surface area contributed by atoms with E-state index in [2.05, 4.69) is 19.2 Å². The van der Waals surface area contributed by atoms with E-state index in [1.807, 2.05) is 24.3 Å². The smallest absolute Gasteiger partial charge is 0.382 e. The van der Waals surface area contributed by atoms with Crippen molar-refractivity contribution in [1.29, 1.82) is 0 Å². The fourth-order valence-electron chi connectivity index (χ4n) is 2.82. The van der Waals surface area contributed by atoms with Crippen molar-refractivity contribution in [2.45, 2.75) is 57.7 Å². The van der Waals surface area contributed by atoms with E-state index in [0.29, 0.717) is 12.3 Å². The number of rotatable bonds is 3. The molecule has 0 aromatic heterocycles. The van der Waals surface area contributed by atoms with Gasteiger partial charge in [-0.3, -0.25) is 0 Å². The van der Waals surface area contributed by atoms with Crippen LogP contribution in [0.5, 0.6) is 0 Å². The van der Waals surface area contributed by atoms with Gasteiger partial charge in [0.15, 0.2) is 0 Å². The summed E-state index contributed by atoms with van der Waals surface area (Å²) in [5.41, 5.74) is 2.16. The summed E-state index contributed by atoms with van der Waals surface area (Å²) in [6.45, 7) is 4.25. The van der Waals surface area contributed by atoms with E-state index in [0.717, 1.165) is 12.1 Å². The lowest BCUT2D eigenvalue weighted by atomic mass is 9.85. The number of hydrogen-bond donors (Lipinski definition) is 1. The summed E-state index contributed by atoms with van der Waals surface area (Å²) in [4.78, 5) is 0. The third kappa shape index (κ3) is 3.90. The molecule has 1 aliphatic carbocycles. The molecular formula is C16H22F3N. The molecule has 0 heterocycles. The predicted octanol–water partition coefficient (Wildman–Crippen LogP) is 5.34. The molecule has 0 aliphatic heterocycles. The molecule has 2 atom stereocenters. The first kappa shape index (κ1) is 15.2. The molecule has 1 aromatic rings. The molecule has 0 saturated heterocycles. The number of nitrogens with one attached hydrogen (secondary N) is 1. The molecule has 1 saturated carbocycles. The van der Waals surface area contributed by atoms with Crippen LogP contribution in [0.25, 0.3) is 0 Å². The zero-order chi connectivity index (χ0) is 14.8. The van der Waals surface area contributed by atoms with Crippen molar-refractivity contribution < 1.29 is 13.2 Å². The van der Waals surface area contributed by atoms with Crippen molar-refractivity contribution in [2.75, 3.05) is 5.32 Å². The molecule has 1 fully saturated rings. The fourth-order valence-corrected chi connectivity index (χ4v) is 2.82. The third-order valence-corrected chi connectivity index (χ3v) is 4.09. The molecule has 1 nitrogen and oxygen atoms in total. The van der Waals surface area contributed by atoms with E-state index in [9.17, 15) is 13.2 Å². The Labute approximate surface area is 118 Å². The summed E-state index contributed by atoms with van der Waals surface area (Å²) in [6, 6.07) is 7.94. The highest BCUT2D eigenvalue weighted by atomic mass is 19.4. The second-order valence-electron chi connectivity index (χ2n) is 6.02. The van der Waals surface area contributed by atoms with Gasteiger partial charge in [-0.2, -0.15) is 13.2 Å². The predicted molar refractivity (Wildman–Crippen MR) is 76.0 cm³/mol. The van der Waals surface area contributed by atoms with Crippen LogP contribution < -0.4 is 5.32 Å². The van der Waals surface area contributed by atoms with Crippen LogP contribution in [-0.2, 0) is 0 Å². The first-order valence-corrected chi connectivity index (χ1v) is 7.29. The van der Waals surface area contributed by atoms with Crippen molar-refractivity contribution in [1.82, 2.24) is 0 Å². The van der Waals surface area contributed by atoms with Gasteiger partial charge in [0.1, 0.15) is 0 Å². The van der Waals surface area contributed by atoms with Gasteiger partial charge < -0.3 is 5.32 Å². The Kier molecular flexibility index (Phi) is 4.61. The maximum atomic E-state index is 12.8. The van der Waals surface area contributed by atoms with Crippen LogP contribution >= 0.6 is 0 Å². The molecule has 4 heteroatoms. The van der Waals surface area contributed by atoms with Crippen molar-refractivity contribution >= 4 is 5.69 Å². The summed E-state index contributed by atoms with van der Waals surface area (Å²) in [5, 5.41) is 3.25. The Bertz CT molecular complexity index is 422. The molecule has 2 rings (SSSR count). The minimum atomic E-state index is -4.05. The van der Waals surface area contributed by atoms with E-state index >= 15 is 0 Å². The van der Waals surface area contributed by atoms with Gasteiger partial charge in [-0.05, 0) is 42.9 Å². The van der Waals surface area contributed by atoms with Crippen LogP contribution in [0.4, 0.5) is 18.9 Å². The maximum absolute atomic E-state index is 12.8. The Morgan fingerprint density at radius 1 is 1.10 bits per heavy atom. The van der Waals surface area contributed by atoms with Gasteiger partial charge >= 0.3 is 6.18 Å². The molecule has 1 N–H and O–H groups in total. The quantitative estimate of drug-likeness (QED) is 0.790. The highest BCUT2D eigenvalue weighted by Gasteiger charge is 2.42. The number of halogens is 3. The molecule has 20 heavy (non-hydrogen) atoms. The van der Waals surface area contributed by atoms with Gasteiger partial charge in [-0.25, -0.2) is 0 Å². The van der Waals surface area contributed by atoms with Gasteiger partial charge in [0.05, 0.1) is 5.92 Å². The molecular weight excluding hydrogens is 263 g/mol. The summed E-state index contributed by atoms with van der Waals surface area (Å²) in [7, 11) is 0. The van der Waals surface area contributed by atoms with Crippen LogP contribution in [0.3, 0.4) is 0 Å². The lowest BCUT2D eigenvalue weighted by Crippen LogP contribution is -2.34. The van der Waals surface area contributed by atoms with Gasteiger partial charge in [-0.15, -0.1) is 0 Å². The average molecular weight is 285 g/mol. The lowest BCUT2D eigenvalue weighted by Gasteiger charge is -2.31. The minimum absolute atomic E-state index is 0.0692. The van der Waals surface area contributed by atoms with Crippen LogP contribution in [0, 0.1) is 5.92 Å². The largest absolute Gasteiger partial charge is 0.391 e.